The molecule has 0 aliphatic carbocycles. The Morgan fingerprint density at radius 2 is 2.00 bits per heavy atom. The molecule has 6 N–H and O–H groups in total. The quantitative estimate of drug-likeness (QED) is 0.444. The first kappa shape index (κ1) is 18.7. The topological polar surface area (TPSA) is 155 Å². The smallest absolute Gasteiger partial charge is 0.190 e. The second-order valence-electron chi connectivity index (χ2n) is 6.69. The number of aliphatic hydroxyl groups excluding tert-OH is 2. The van der Waals surface area contributed by atoms with E-state index in [-0.39, 0.29) is 5.82 Å². The first-order valence-corrected chi connectivity index (χ1v) is 8.90. The Morgan fingerprint density at radius 1 is 1.25 bits per heavy atom. The number of nitrogens with two attached hydrogens (primary N) is 2. The van der Waals surface area contributed by atoms with Crippen molar-refractivity contribution in [1.82, 2.24) is 19.5 Å². The molecule has 0 spiro atoms. The first-order chi connectivity index (χ1) is 13.6. The van der Waals surface area contributed by atoms with Gasteiger partial charge in [0, 0.05) is 0 Å². The van der Waals surface area contributed by atoms with Crippen LogP contribution in [0.1, 0.15) is 18.9 Å². The standard InChI is InChI=1S/C18H22N6O4/c1-2-17(24-10-23-13-15(19)21-9-22-16(13)24)18(28-20,11-6-4-3-5-7-11)14(26)12(8-25)27-17/h3-7,9-10,12,14,25-26H,2,8,20H2,1H3,(H2,19,21,22)/t12-,14-,17-,18-/m1/s1. The molecule has 28 heavy (non-hydrogen) atoms. The van der Waals surface area contributed by atoms with Gasteiger partial charge in [0.05, 0.1) is 12.9 Å². The fraction of sp³-hybridized carbons (Fsp3) is 0.389. The number of aliphatic hydroxyl groups is 2. The molecule has 1 aliphatic rings. The van der Waals surface area contributed by atoms with E-state index in [1.807, 2.05) is 25.1 Å². The summed E-state index contributed by atoms with van der Waals surface area (Å²) in [5, 5.41) is 21.0. The minimum absolute atomic E-state index is 0.214. The van der Waals surface area contributed by atoms with Crippen molar-refractivity contribution in [3.63, 3.8) is 0 Å². The monoisotopic (exact) mass is 386 g/mol. The summed E-state index contributed by atoms with van der Waals surface area (Å²) in [4.78, 5) is 18.1. The van der Waals surface area contributed by atoms with E-state index in [4.69, 9.17) is 21.2 Å². The van der Waals surface area contributed by atoms with Gasteiger partial charge in [-0.3, -0.25) is 9.40 Å². The van der Waals surface area contributed by atoms with Gasteiger partial charge in [-0.15, -0.1) is 0 Å². The Morgan fingerprint density at radius 3 is 2.64 bits per heavy atom. The van der Waals surface area contributed by atoms with Crippen LogP contribution in [0.2, 0.25) is 0 Å². The molecule has 3 heterocycles. The lowest BCUT2D eigenvalue weighted by Gasteiger charge is -2.44. The minimum atomic E-state index is -1.54. The number of imidazole rings is 1. The predicted octanol–water partition coefficient (Wildman–Crippen LogP) is 0.00910. The molecule has 3 aromatic rings. The molecule has 1 saturated heterocycles. The average molecular weight is 386 g/mol. The number of aromatic nitrogens is 4. The molecular weight excluding hydrogens is 364 g/mol. The van der Waals surface area contributed by atoms with Crippen molar-refractivity contribution in [2.75, 3.05) is 12.3 Å². The Kier molecular flexibility index (Phi) is 4.52. The lowest BCUT2D eigenvalue weighted by atomic mass is 9.78. The molecule has 1 aromatic carbocycles. The summed E-state index contributed by atoms with van der Waals surface area (Å²) in [6, 6.07) is 9.02. The predicted molar refractivity (Wildman–Crippen MR) is 99.4 cm³/mol. The van der Waals surface area contributed by atoms with E-state index < -0.39 is 30.1 Å². The number of rotatable bonds is 5. The van der Waals surface area contributed by atoms with E-state index >= 15 is 0 Å². The summed E-state index contributed by atoms with van der Waals surface area (Å²) < 4.78 is 7.87. The van der Waals surface area contributed by atoms with Gasteiger partial charge < -0.3 is 20.7 Å². The summed E-state index contributed by atoms with van der Waals surface area (Å²) in [5.41, 5.74) is 4.42. The molecule has 148 valence electrons. The number of hydrogen-bond donors (Lipinski definition) is 4. The van der Waals surface area contributed by atoms with Crippen molar-refractivity contribution >= 4 is 17.0 Å². The van der Waals surface area contributed by atoms with Crippen LogP contribution < -0.4 is 11.6 Å². The molecule has 4 rings (SSSR count). The minimum Gasteiger partial charge on any atom is -0.394 e. The van der Waals surface area contributed by atoms with Gasteiger partial charge in [0.25, 0.3) is 0 Å². The van der Waals surface area contributed by atoms with Crippen LogP contribution in [0.4, 0.5) is 5.82 Å². The van der Waals surface area contributed by atoms with Crippen LogP contribution in [-0.2, 0) is 20.9 Å². The van der Waals surface area contributed by atoms with Crippen molar-refractivity contribution < 1.29 is 19.8 Å². The number of hydrogen-bond acceptors (Lipinski definition) is 9. The summed E-state index contributed by atoms with van der Waals surface area (Å²) in [5.74, 6) is 6.04. The van der Waals surface area contributed by atoms with E-state index in [0.29, 0.717) is 23.1 Å². The molecule has 2 aromatic heterocycles. The fourth-order valence-corrected chi connectivity index (χ4v) is 4.21. The zero-order valence-corrected chi connectivity index (χ0v) is 15.3. The van der Waals surface area contributed by atoms with Gasteiger partial charge in [0.1, 0.15) is 24.1 Å². The number of fused-ring (bicyclic) bond motifs is 1. The van der Waals surface area contributed by atoms with Gasteiger partial charge in [-0.25, -0.2) is 20.8 Å². The lowest BCUT2D eigenvalue weighted by Crippen LogP contribution is -2.57. The van der Waals surface area contributed by atoms with Crippen LogP contribution in [0.3, 0.4) is 0 Å². The van der Waals surface area contributed by atoms with Crippen LogP contribution >= 0.6 is 0 Å². The number of ether oxygens (including phenoxy) is 1. The highest BCUT2D eigenvalue weighted by molar-refractivity contribution is 5.81. The van der Waals surface area contributed by atoms with Crippen LogP contribution in [-0.4, -0.2) is 48.5 Å². The number of benzene rings is 1. The molecule has 0 bridgehead atoms. The Bertz CT molecular complexity index is 983. The highest BCUT2D eigenvalue weighted by Crippen LogP contribution is 2.54. The molecule has 0 amide bonds. The molecule has 1 aliphatic heterocycles. The maximum atomic E-state index is 11.2. The Labute approximate surface area is 160 Å². The van der Waals surface area contributed by atoms with E-state index in [1.54, 1.807) is 16.7 Å². The molecule has 10 heteroatoms. The van der Waals surface area contributed by atoms with E-state index in [9.17, 15) is 10.2 Å². The van der Waals surface area contributed by atoms with Crippen LogP contribution in [0.25, 0.3) is 11.2 Å². The van der Waals surface area contributed by atoms with Crippen LogP contribution in [0.5, 0.6) is 0 Å². The molecule has 1 fully saturated rings. The maximum absolute atomic E-state index is 11.2. The maximum Gasteiger partial charge on any atom is 0.190 e. The molecule has 4 atom stereocenters. The zero-order chi connectivity index (χ0) is 19.9. The molecule has 0 saturated carbocycles. The zero-order valence-electron chi connectivity index (χ0n) is 15.3. The number of nitrogen functional groups attached to an aromatic ring is 1. The highest BCUT2D eigenvalue weighted by Gasteiger charge is 2.68. The molecular formula is C18H22N6O4. The highest BCUT2D eigenvalue weighted by atomic mass is 16.7. The largest absolute Gasteiger partial charge is 0.394 e. The van der Waals surface area contributed by atoms with Crippen molar-refractivity contribution in [1.29, 1.82) is 0 Å². The van der Waals surface area contributed by atoms with Gasteiger partial charge in [-0.2, -0.15) is 0 Å². The van der Waals surface area contributed by atoms with E-state index in [0.717, 1.165) is 0 Å². The fourth-order valence-electron chi connectivity index (χ4n) is 4.21. The van der Waals surface area contributed by atoms with Gasteiger partial charge in [-0.05, 0) is 12.0 Å². The summed E-state index contributed by atoms with van der Waals surface area (Å²) >= 11 is 0. The van der Waals surface area contributed by atoms with Crippen LogP contribution in [0, 0.1) is 0 Å². The normalized spacial score (nSPS) is 30.1. The third kappa shape index (κ3) is 2.23. The van der Waals surface area contributed by atoms with Gasteiger partial charge in [0.15, 0.2) is 22.8 Å². The third-order valence-electron chi connectivity index (χ3n) is 5.49. The van der Waals surface area contributed by atoms with Crippen molar-refractivity contribution in [3.05, 3.63) is 48.5 Å². The second kappa shape index (κ2) is 6.76. The first-order valence-electron chi connectivity index (χ1n) is 8.90. The summed E-state index contributed by atoms with van der Waals surface area (Å²) in [6.07, 6.45) is 0.938. The SMILES string of the molecule is CC[C@@]1(n2cnc3c(N)ncnc32)O[C@H](CO)[C@@H](O)[C@]1(ON)c1ccccc1. The van der Waals surface area contributed by atoms with Crippen molar-refractivity contribution in [2.45, 2.75) is 36.9 Å². The van der Waals surface area contributed by atoms with Crippen molar-refractivity contribution in [3.8, 4) is 0 Å². The van der Waals surface area contributed by atoms with Gasteiger partial charge >= 0.3 is 0 Å². The number of nitrogens with zero attached hydrogens (tertiary/aromatic N) is 4. The van der Waals surface area contributed by atoms with E-state index in [2.05, 4.69) is 15.0 Å². The second-order valence-corrected chi connectivity index (χ2v) is 6.69. The number of anilines is 1. The van der Waals surface area contributed by atoms with Crippen LogP contribution in [0.15, 0.2) is 43.0 Å². The molecule has 10 nitrogen and oxygen atoms in total. The third-order valence-corrected chi connectivity index (χ3v) is 5.49. The Balaban J connectivity index is 2.05. The molecule has 0 radical (unpaired) electrons. The summed E-state index contributed by atoms with van der Waals surface area (Å²) in [6.45, 7) is 1.43. The Hall–Kier alpha value is -2.63. The molecule has 0 unspecified atom stereocenters. The summed E-state index contributed by atoms with van der Waals surface area (Å²) in [7, 11) is 0. The van der Waals surface area contributed by atoms with Gasteiger partial charge in [0.2, 0.25) is 0 Å². The van der Waals surface area contributed by atoms with Crippen molar-refractivity contribution in [2.24, 2.45) is 5.90 Å². The van der Waals surface area contributed by atoms with Gasteiger partial charge in [-0.1, -0.05) is 37.3 Å². The van der Waals surface area contributed by atoms with E-state index in [1.165, 1.54) is 12.7 Å². The lowest BCUT2D eigenvalue weighted by molar-refractivity contribution is -0.229. The average Bonchev–Trinajstić information content (AvgIpc) is 3.27.